The lowest BCUT2D eigenvalue weighted by molar-refractivity contribution is 0.550. The average molecular weight is 354 g/mol. The van der Waals surface area contributed by atoms with Crippen LogP contribution in [0.25, 0.3) is 21.8 Å². The smallest absolute Gasteiger partial charge is 0.0994 e. The van der Waals surface area contributed by atoms with E-state index >= 15 is 0 Å². The molecule has 0 aliphatic heterocycles. The summed E-state index contributed by atoms with van der Waals surface area (Å²) < 4.78 is 5.26. The fourth-order valence-corrected chi connectivity index (χ4v) is 5.64. The molecule has 0 amide bonds. The molecule has 0 atom stereocenters. The molecule has 0 unspecified atom stereocenters. The Bertz CT molecular complexity index is 1070. The van der Waals surface area contributed by atoms with Gasteiger partial charge in [-0.2, -0.15) is 0 Å². The average Bonchev–Trinajstić information content (AvgIpc) is 3.23. The van der Waals surface area contributed by atoms with Gasteiger partial charge in [0.1, 0.15) is 0 Å². The molecule has 136 valence electrons. The number of fused-ring (bicyclic) bond motifs is 6. The van der Waals surface area contributed by atoms with E-state index in [0.29, 0.717) is 0 Å². The van der Waals surface area contributed by atoms with Gasteiger partial charge in [0.05, 0.1) is 17.7 Å². The molecule has 2 heteroatoms. The number of para-hydroxylation sites is 2. The minimum absolute atomic E-state index is 0.964. The van der Waals surface area contributed by atoms with E-state index in [1.54, 1.807) is 22.5 Å². The van der Waals surface area contributed by atoms with Gasteiger partial charge in [-0.1, -0.05) is 36.4 Å². The standard InChI is InChI=1S/C25H26N2/c1-5-13-22-18(9-1)19-10-2-6-14-23(19)26(22)17-27-24-15-7-3-11-20(24)21-12-4-8-16-25(21)27/h1,3,5,7,9,11,13,15H,2,4,6,8,10,12,14,16-17H2. The van der Waals surface area contributed by atoms with Gasteiger partial charge in [0.2, 0.25) is 0 Å². The highest BCUT2D eigenvalue weighted by molar-refractivity contribution is 5.87. The van der Waals surface area contributed by atoms with Crippen molar-refractivity contribution in [2.24, 2.45) is 0 Å². The van der Waals surface area contributed by atoms with Crippen LogP contribution in [0.1, 0.15) is 48.2 Å². The van der Waals surface area contributed by atoms with Crippen molar-refractivity contribution in [2.45, 2.75) is 58.0 Å². The second-order valence-electron chi connectivity index (χ2n) is 8.30. The summed E-state index contributed by atoms with van der Waals surface area (Å²) in [6.45, 7) is 0.964. The van der Waals surface area contributed by atoms with Gasteiger partial charge in [-0.3, -0.25) is 0 Å². The lowest BCUT2D eigenvalue weighted by Crippen LogP contribution is -2.16. The Morgan fingerprint density at radius 2 is 1.00 bits per heavy atom. The molecule has 2 aliphatic carbocycles. The summed E-state index contributed by atoms with van der Waals surface area (Å²) >= 11 is 0. The van der Waals surface area contributed by atoms with Crippen molar-refractivity contribution in [2.75, 3.05) is 0 Å². The molecular formula is C25H26N2. The number of hydrogen-bond acceptors (Lipinski definition) is 0. The van der Waals surface area contributed by atoms with Crippen molar-refractivity contribution in [3.8, 4) is 0 Å². The highest BCUT2D eigenvalue weighted by Crippen LogP contribution is 2.35. The van der Waals surface area contributed by atoms with E-state index < -0.39 is 0 Å². The van der Waals surface area contributed by atoms with E-state index in [1.807, 2.05) is 0 Å². The predicted molar refractivity (Wildman–Crippen MR) is 113 cm³/mol. The Labute approximate surface area is 160 Å². The van der Waals surface area contributed by atoms with Crippen molar-refractivity contribution in [1.82, 2.24) is 9.13 Å². The SMILES string of the molecule is c1ccc2c(c1)c1c(n2Cn2c3c(c4ccccc42)CCCC3)CCCC1. The summed E-state index contributed by atoms with van der Waals surface area (Å²) in [5.41, 5.74) is 9.25. The molecule has 6 rings (SSSR count). The quantitative estimate of drug-likeness (QED) is 0.427. The third-order valence-electron chi connectivity index (χ3n) is 6.85. The molecule has 0 radical (unpaired) electrons. The summed E-state index contributed by atoms with van der Waals surface area (Å²) in [4.78, 5) is 0. The van der Waals surface area contributed by atoms with E-state index in [2.05, 4.69) is 57.7 Å². The van der Waals surface area contributed by atoms with Crippen LogP contribution < -0.4 is 0 Å². The topological polar surface area (TPSA) is 9.86 Å². The van der Waals surface area contributed by atoms with E-state index in [4.69, 9.17) is 0 Å². The van der Waals surface area contributed by atoms with Crippen LogP contribution >= 0.6 is 0 Å². The third-order valence-corrected chi connectivity index (χ3v) is 6.85. The second kappa shape index (κ2) is 6.02. The molecule has 0 saturated heterocycles. The summed E-state index contributed by atoms with van der Waals surface area (Å²) in [5, 5.41) is 2.97. The van der Waals surface area contributed by atoms with Gasteiger partial charge in [-0.25, -0.2) is 0 Å². The lowest BCUT2D eigenvalue weighted by atomic mass is 9.95. The van der Waals surface area contributed by atoms with Crippen LogP contribution in [0.3, 0.4) is 0 Å². The van der Waals surface area contributed by atoms with Gasteiger partial charge in [0.25, 0.3) is 0 Å². The number of hydrogen-bond donors (Lipinski definition) is 0. The molecule has 2 aliphatic rings. The molecule has 4 aromatic rings. The zero-order valence-corrected chi connectivity index (χ0v) is 15.9. The summed E-state index contributed by atoms with van der Waals surface area (Å²) in [5.74, 6) is 0. The van der Waals surface area contributed by atoms with Crippen molar-refractivity contribution in [1.29, 1.82) is 0 Å². The highest BCUT2D eigenvalue weighted by Gasteiger charge is 2.23. The number of nitrogens with zero attached hydrogens (tertiary/aromatic N) is 2. The first-order chi connectivity index (χ1) is 13.4. The number of benzene rings is 2. The fourth-order valence-electron chi connectivity index (χ4n) is 5.64. The predicted octanol–water partition coefficient (Wildman–Crippen LogP) is 5.86. The number of aromatic nitrogens is 2. The Morgan fingerprint density at radius 3 is 1.52 bits per heavy atom. The summed E-state index contributed by atoms with van der Waals surface area (Å²) in [6.07, 6.45) is 10.3. The van der Waals surface area contributed by atoms with Crippen molar-refractivity contribution in [3.63, 3.8) is 0 Å². The molecule has 0 N–H and O–H groups in total. The van der Waals surface area contributed by atoms with Crippen LogP contribution in [0.15, 0.2) is 48.5 Å². The third kappa shape index (κ3) is 2.25. The molecule has 27 heavy (non-hydrogen) atoms. The van der Waals surface area contributed by atoms with Crippen LogP contribution in [0.5, 0.6) is 0 Å². The van der Waals surface area contributed by atoms with E-state index in [-0.39, 0.29) is 0 Å². The maximum atomic E-state index is 2.63. The van der Waals surface area contributed by atoms with Gasteiger partial charge in [0, 0.05) is 22.2 Å². The summed E-state index contributed by atoms with van der Waals surface area (Å²) in [6, 6.07) is 18.1. The fraction of sp³-hybridized carbons (Fsp3) is 0.360. The second-order valence-corrected chi connectivity index (χ2v) is 8.30. The van der Waals surface area contributed by atoms with E-state index in [9.17, 15) is 0 Å². The first kappa shape index (κ1) is 15.6. The van der Waals surface area contributed by atoms with Gasteiger partial charge in [-0.05, 0) is 74.6 Å². The normalized spacial score (nSPS) is 16.6. The molecule has 0 saturated carbocycles. The van der Waals surface area contributed by atoms with Crippen LogP contribution in [0, 0.1) is 0 Å². The highest BCUT2D eigenvalue weighted by atomic mass is 15.2. The molecule has 0 bridgehead atoms. The van der Waals surface area contributed by atoms with Crippen molar-refractivity contribution in [3.05, 3.63) is 71.0 Å². The van der Waals surface area contributed by atoms with Crippen LogP contribution in [-0.2, 0) is 32.4 Å². The molecule has 2 nitrogen and oxygen atoms in total. The van der Waals surface area contributed by atoms with Crippen molar-refractivity contribution < 1.29 is 0 Å². The van der Waals surface area contributed by atoms with E-state index in [1.165, 1.54) is 73.2 Å². The minimum Gasteiger partial charge on any atom is -0.326 e. The van der Waals surface area contributed by atoms with E-state index in [0.717, 1.165) is 6.67 Å². The maximum Gasteiger partial charge on any atom is 0.0994 e. The van der Waals surface area contributed by atoms with Crippen molar-refractivity contribution >= 4 is 21.8 Å². The van der Waals surface area contributed by atoms with Crippen LogP contribution in [0.2, 0.25) is 0 Å². The maximum absolute atomic E-state index is 2.63. The molecule has 0 spiro atoms. The van der Waals surface area contributed by atoms with Gasteiger partial charge in [0.15, 0.2) is 0 Å². The monoisotopic (exact) mass is 354 g/mol. The first-order valence-electron chi connectivity index (χ1n) is 10.6. The number of rotatable bonds is 2. The Hall–Kier alpha value is -2.48. The molecule has 0 fully saturated rings. The molecule has 2 aromatic carbocycles. The Kier molecular flexibility index (Phi) is 3.47. The first-order valence-corrected chi connectivity index (χ1v) is 10.6. The van der Waals surface area contributed by atoms with Crippen LogP contribution in [0.4, 0.5) is 0 Å². The molecular weight excluding hydrogens is 328 g/mol. The zero-order chi connectivity index (χ0) is 17.8. The van der Waals surface area contributed by atoms with Crippen LogP contribution in [-0.4, -0.2) is 9.13 Å². The Morgan fingerprint density at radius 1 is 0.556 bits per heavy atom. The van der Waals surface area contributed by atoms with Gasteiger partial charge in [-0.15, -0.1) is 0 Å². The molecule has 2 heterocycles. The largest absolute Gasteiger partial charge is 0.326 e. The Balaban J connectivity index is 1.59. The molecule has 2 aromatic heterocycles. The van der Waals surface area contributed by atoms with Gasteiger partial charge >= 0.3 is 0 Å². The van der Waals surface area contributed by atoms with Gasteiger partial charge < -0.3 is 9.13 Å². The minimum atomic E-state index is 0.964. The summed E-state index contributed by atoms with van der Waals surface area (Å²) in [7, 11) is 0. The zero-order valence-electron chi connectivity index (χ0n) is 15.9. The lowest BCUT2D eigenvalue weighted by Gasteiger charge is -2.20. The number of aryl methyl sites for hydroxylation is 2.